The van der Waals surface area contributed by atoms with Gasteiger partial charge in [-0.1, -0.05) is 5.21 Å². The minimum atomic E-state index is -2.85. The molecule has 0 saturated carbocycles. The Morgan fingerprint density at radius 1 is 1.43 bits per heavy atom. The number of aryl methyl sites for hydroxylation is 1. The molecule has 1 aromatic rings. The van der Waals surface area contributed by atoms with Crippen molar-refractivity contribution < 1.29 is 23.0 Å². The number of fused-ring (bicyclic) bond motifs is 2. The van der Waals surface area contributed by atoms with E-state index in [1.165, 1.54) is 0 Å². The third-order valence-electron chi connectivity index (χ3n) is 5.06. The number of sulfone groups is 1. The van der Waals surface area contributed by atoms with Crippen LogP contribution >= 0.6 is 0 Å². The summed E-state index contributed by atoms with van der Waals surface area (Å²) in [4.78, 5) is 0. The van der Waals surface area contributed by atoms with E-state index in [9.17, 15) is 13.5 Å². The molecule has 0 amide bonds. The van der Waals surface area contributed by atoms with Gasteiger partial charge < -0.3 is 14.6 Å². The van der Waals surface area contributed by atoms with Crippen LogP contribution in [0.4, 0.5) is 0 Å². The summed E-state index contributed by atoms with van der Waals surface area (Å²) in [6.07, 6.45) is 3.86. The van der Waals surface area contributed by atoms with Gasteiger partial charge in [0.15, 0.2) is 21.7 Å². The van der Waals surface area contributed by atoms with Crippen LogP contribution in [0, 0.1) is 5.92 Å². The first-order chi connectivity index (χ1) is 10.9. The number of ether oxygens (including phenoxy) is 2. The number of aliphatic hydroxyl groups is 1. The lowest BCUT2D eigenvalue weighted by atomic mass is 9.90. The van der Waals surface area contributed by atoms with E-state index in [1.807, 2.05) is 0 Å². The first kappa shape index (κ1) is 15.5. The van der Waals surface area contributed by atoms with Crippen molar-refractivity contribution in [2.75, 3.05) is 18.1 Å². The summed E-state index contributed by atoms with van der Waals surface area (Å²) in [7, 11) is -2.85. The Balaban J connectivity index is 1.41. The summed E-state index contributed by atoms with van der Waals surface area (Å²) in [5.41, 5.74) is -0.788. The van der Waals surface area contributed by atoms with Gasteiger partial charge >= 0.3 is 0 Å². The normalized spacial score (nSPS) is 38.9. The minimum absolute atomic E-state index is 0.0691. The van der Waals surface area contributed by atoms with E-state index >= 15 is 0 Å². The summed E-state index contributed by atoms with van der Waals surface area (Å²) >= 11 is 0. The Bertz CT molecular complexity index is 690. The lowest BCUT2D eigenvalue weighted by Gasteiger charge is -2.34. The summed E-state index contributed by atoms with van der Waals surface area (Å²) in [6.45, 7) is 1.11. The molecule has 1 aromatic heterocycles. The van der Waals surface area contributed by atoms with E-state index in [0.29, 0.717) is 25.3 Å². The zero-order chi connectivity index (χ0) is 16.1. The molecule has 4 rings (SSSR count). The number of rotatable bonds is 4. The molecule has 1 N–H and O–H groups in total. The molecule has 3 aliphatic heterocycles. The monoisotopic (exact) mass is 343 g/mol. The van der Waals surface area contributed by atoms with Gasteiger partial charge in [-0.15, -0.1) is 5.10 Å². The average molecular weight is 343 g/mol. The van der Waals surface area contributed by atoms with Crippen LogP contribution in [0.2, 0.25) is 0 Å². The maximum absolute atomic E-state index is 11.5. The molecule has 2 unspecified atom stereocenters. The Hall–Kier alpha value is -1.03. The van der Waals surface area contributed by atoms with Crippen LogP contribution in [-0.4, -0.2) is 59.0 Å². The van der Waals surface area contributed by atoms with Crippen molar-refractivity contribution in [2.45, 2.75) is 50.2 Å². The van der Waals surface area contributed by atoms with Gasteiger partial charge in [-0.2, -0.15) is 0 Å². The Morgan fingerprint density at radius 2 is 2.30 bits per heavy atom. The van der Waals surface area contributed by atoms with Gasteiger partial charge in [0.1, 0.15) is 5.69 Å². The second-order valence-corrected chi connectivity index (χ2v) is 9.04. The molecular weight excluding hydrogens is 322 g/mol. The van der Waals surface area contributed by atoms with Crippen molar-refractivity contribution in [1.29, 1.82) is 0 Å². The molecule has 3 saturated heterocycles. The van der Waals surface area contributed by atoms with E-state index < -0.39 is 21.7 Å². The van der Waals surface area contributed by atoms with Crippen molar-refractivity contribution in [3.05, 3.63) is 11.9 Å². The van der Waals surface area contributed by atoms with Crippen LogP contribution in [0.25, 0.3) is 0 Å². The fourth-order valence-corrected chi connectivity index (χ4v) is 5.53. The summed E-state index contributed by atoms with van der Waals surface area (Å²) in [6, 6.07) is 0. The van der Waals surface area contributed by atoms with E-state index in [4.69, 9.17) is 9.47 Å². The van der Waals surface area contributed by atoms with E-state index in [1.54, 1.807) is 10.9 Å². The Labute approximate surface area is 134 Å². The van der Waals surface area contributed by atoms with Gasteiger partial charge in [0, 0.05) is 6.54 Å². The molecule has 0 aliphatic carbocycles. The van der Waals surface area contributed by atoms with Crippen LogP contribution in [-0.2, 0) is 31.5 Å². The zero-order valence-corrected chi connectivity index (χ0v) is 13.6. The van der Waals surface area contributed by atoms with E-state index in [0.717, 1.165) is 19.3 Å². The quantitative estimate of drug-likeness (QED) is 0.809. The molecule has 0 radical (unpaired) electrons. The van der Waals surface area contributed by atoms with Crippen LogP contribution in [0.1, 0.15) is 31.4 Å². The second-order valence-electron chi connectivity index (χ2n) is 6.81. The van der Waals surface area contributed by atoms with Crippen LogP contribution < -0.4 is 0 Å². The standard InChI is InChI=1S/C14H21N3O5S/c18-14(4-1-11-8-21-13(14)22-11)12-7-17(16-15-12)5-2-10-3-6-23(19,20)9-10/h7,10-11,13,18H,1-6,8-9H2/t10?,11-,13+,14?/m0/s1. The van der Waals surface area contributed by atoms with E-state index in [2.05, 4.69) is 10.3 Å². The molecule has 128 valence electrons. The number of hydrogen-bond acceptors (Lipinski definition) is 7. The number of hydrogen-bond donors (Lipinski definition) is 1. The molecule has 9 heteroatoms. The van der Waals surface area contributed by atoms with Crippen molar-refractivity contribution in [3.8, 4) is 0 Å². The molecule has 23 heavy (non-hydrogen) atoms. The lowest BCUT2D eigenvalue weighted by Crippen LogP contribution is -2.44. The maximum Gasteiger partial charge on any atom is 0.192 e. The topological polar surface area (TPSA) is 104 Å². The highest BCUT2D eigenvalue weighted by molar-refractivity contribution is 7.91. The Morgan fingerprint density at radius 3 is 3.09 bits per heavy atom. The fourth-order valence-electron chi connectivity index (χ4n) is 3.62. The van der Waals surface area contributed by atoms with Crippen LogP contribution in [0.5, 0.6) is 0 Å². The SMILES string of the molecule is O=S1(=O)CCC(CCn2cc(C3(O)CC[C@H]4CO[C@@H]3O4)nn2)C1. The van der Waals surface area contributed by atoms with Crippen molar-refractivity contribution in [2.24, 2.45) is 5.92 Å². The van der Waals surface area contributed by atoms with Crippen molar-refractivity contribution in [1.82, 2.24) is 15.0 Å². The van der Waals surface area contributed by atoms with Gasteiger partial charge in [0.2, 0.25) is 0 Å². The number of nitrogens with zero attached hydrogens (tertiary/aromatic N) is 3. The molecule has 8 nitrogen and oxygen atoms in total. The highest BCUT2D eigenvalue weighted by Gasteiger charge is 2.51. The molecular formula is C14H21N3O5S. The first-order valence-electron chi connectivity index (χ1n) is 8.05. The van der Waals surface area contributed by atoms with Gasteiger partial charge in [-0.25, -0.2) is 8.42 Å². The summed E-state index contributed by atoms with van der Waals surface area (Å²) in [5, 5.41) is 19.0. The molecule has 4 heterocycles. The van der Waals surface area contributed by atoms with Crippen LogP contribution in [0.3, 0.4) is 0 Å². The van der Waals surface area contributed by atoms with Crippen molar-refractivity contribution in [3.63, 3.8) is 0 Å². The first-order valence-corrected chi connectivity index (χ1v) is 9.87. The average Bonchev–Trinajstić information content (AvgIpc) is 3.21. The van der Waals surface area contributed by atoms with Gasteiger partial charge in [-0.3, -0.25) is 4.68 Å². The largest absolute Gasteiger partial charge is 0.378 e. The maximum atomic E-state index is 11.5. The molecule has 4 atom stereocenters. The predicted octanol–water partition coefficient (Wildman–Crippen LogP) is -0.174. The minimum Gasteiger partial charge on any atom is -0.378 e. The van der Waals surface area contributed by atoms with E-state index in [-0.39, 0.29) is 23.5 Å². The Kier molecular flexibility index (Phi) is 3.71. The molecule has 3 aliphatic rings. The summed E-state index contributed by atoms with van der Waals surface area (Å²) < 4.78 is 35.8. The van der Waals surface area contributed by atoms with Crippen LogP contribution in [0.15, 0.2) is 6.20 Å². The van der Waals surface area contributed by atoms with Gasteiger partial charge in [0.05, 0.1) is 30.4 Å². The number of aromatic nitrogens is 3. The van der Waals surface area contributed by atoms with Gasteiger partial charge in [0.25, 0.3) is 0 Å². The highest BCUT2D eigenvalue weighted by Crippen LogP contribution is 2.40. The summed E-state index contributed by atoms with van der Waals surface area (Å²) in [5.74, 6) is 0.744. The third-order valence-corrected chi connectivity index (χ3v) is 6.90. The highest BCUT2D eigenvalue weighted by atomic mass is 32.2. The fraction of sp³-hybridized carbons (Fsp3) is 0.857. The predicted molar refractivity (Wildman–Crippen MR) is 79.1 cm³/mol. The smallest absolute Gasteiger partial charge is 0.192 e. The molecule has 3 fully saturated rings. The van der Waals surface area contributed by atoms with Crippen molar-refractivity contribution >= 4 is 9.84 Å². The lowest BCUT2D eigenvalue weighted by molar-refractivity contribution is -0.219. The van der Waals surface area contributed by atoms with Gasteiger partial charge in [-0.05, 0) is 31.6 Å². The molecule has 2 bridgehead atoms. The second kappa shape index (κ2) is 5.51. The zero-order valence-electron chi connectivity index (χ0n) is 12.8. The molecule has 0 spiro atoms. The third kappa shape index (κ3) is 2.90. The molecule has 0 aromatic carbocycles.